The van der Waals surface area contributed by atoms with Crippen LogP contribution in [0.1, 0.15) is 30.8 Å². The van der Waals surface area contributed by atoms with E-state index < -0.39 is 10.0 Å². The number of amides is 1. The van der Waals surface area contributed by atoms with Gasteiger partial charge in [0, 0.05) is 13.0 Å². The number of nitrogens with zero attached hydrogens (tertiary/aromatic N) is 1. The summed E-state index contributed by atoms with van der Waals surface area (Å²) in [6.45, 7) is 3.91. The first-order chi connectivity index (χ1) is 10.2. The maximum absolute atomic E-state index is 11.8. The first-order valence-electron chi connectivity index (χ1n) is 6.95. The van der Waals surface area contributed by atoms with Crippen molar-refractivity contribution in [2.75, 3.05) is 12.8 Å². The van der Waals surface area contributed by atoms with Gasteiger partial charge in [0.2, 0.25) is 15.9 Å². The van der Waals surface area contributed by atoms with Crippen LogP contribution in [0.4, 0.5) is 0 Å². The van der Waals surface area contributed by atoms with E-state index in [1.54, 1.807) is 0 Å². The van der Waals surface area contributed by atoms with Crippen molar-refractivity contribution >= 4 is 27.0 Å². The van der Waals surface area contributed by atoms with Gasteiger partial charge in [-0.2, -0.15) is 0 Å². The molecule has 2 rings (SSSR count). The van der Waals surface area contributed by atoms with Crippen LogP contribution < -0.4 is 10.0 Å². The Morgan fingerprint density at radius 3 is 2.82 bits per heavy atom. The number of hydrogen-bond donors (Lipinski definition) is 3. The monoisotopic (exact) mass is 324 g/mol. The molecule has 22 heavy (non-hydrogen) atoms. The molecule has 0 aliphatic rings. The summed E-state index contributed by atoms with van der Waals surface area (Å²) in [7, 11) is -3.27. The number of fused-ring (bicyclic) bond motifs is 1. The molecule has 0 aliphatic carbocycles. The molecule has 0 bridgehead atoms. The highest BCUT2D eigenvalue weighted by Gasteiger charge is 2.14. The number of benzene rings is 1. The van der Waals surface area contributed by atoms with Gasteiger partial charge in [0.15, 0.2) is 0 Å². The van der Waals surface area contributed by atoms with Gasteiger partial charge in [-0.3, -0.25) is 4.79 Å². The van der Waals surface area contributed by atoms with Crippen molar-refractivity contribution in [1.82, 2.24) is 20.0 Å². The fraction of sp³-hybridized carbons (Fsp3) is 0.429. The van der Waals surface area contributed by atoms with E-state index >= 15 is 0 Å². The number of H-pyrrole nitrogens is 1. The number of rotatable bonds is 6. The smallest absolute Gasteiger partial charge is 0.221 e. The van der Waals surface area contributed by atoms with Crippen molar-refractivity contribution in [2.24, 2.45) is 0 Å². The number of aryl methyl sites for hydroxylation is 1. The molecule has 1 aromatic carbocycles. The Bertz CT molecular complexity index is 782. The molecule has 1 unspecified atom stereocenters. The van der Waals surface area contributed by atoms with E-state index in [1.165, 1.54) is 0 Å². The lowest BCUT2D eigenvalue weighted by Crippen LogP contribution is -2.31. The molecule has 1 amide bonds. The molecular weight excluding hydrogens is 304 g/mol. The SMILES string of the molecule is Cc1ccc2nc(C(C)NC(=O)CCNS(C)(=O)=O)[nH]c2c1. The molecule has 1 heterocycles. The van der Waals surface area contributed by atoms with Gasteiger partial charge in [0.1, 0.15) is 5.82 Å². The van der Waals surface area contributed by atoms with E-state index in [-0.39, 0.29) is 24.9 Å². The molecule has 0 radical (unpaired) electrons. The number of aromatic nitrogens is 2. The van der Waals surface area contributed by atoms with E-state index in [2.05, 4.69) is 20.0 Å². The minimum absolute atomic E-state index is 0.0801. The molecule has 0 saturated heterocycles. The van der Waals surface area contributed by atoms with Crippen molar-refractivity contribution in [3.05, 3.63) is 29.6 Å². The molecule has 0 saturated carbocycles. The summed E-state index contributed by atoms with van der Waals surface area (Å²) in [5.74, 6) is 0.435. The second-order valence-electron chi connectivity index (χ2n) is 5.35. The van der Waals surface area contributed by atoms with E-state index in [0.29, 0.717) is 5.82 Å². The predicted molar refractivity (Wildman–Crippen MR) is 84.9 cm³/mol. The highest BCUT2D eigenvalue weighted by molar-refractivity contribution is 7.88. The summed E-state index contributed by atoms with van der Waals surface area (Å²) in [5.41, 5.74) is 2.90. The standard InChI is InChI=1S/C14H20N4O3S/c1-9-4-5-11-12(8-9)18-14(17-11)10(2)16-13(19)6-7-15-22(3,20)21/h4-5,8,10,15H,6-7H2,1-3H3,(H,16,19)(H,17,18). The third-order valence-electron chi connectivity index (χ3n) is 3.16. The van der Waals surface area contributed by atoms with Gasteiger partial charge in [-0.15, -0.1) is 0 Å². The number of nitrogens with one attached hydrogen (secondary N) is 3. The Labute approximate surface area is 129 Å². The van der Waals surface area contributed by atoms with E-state index in [1.807, 2.05) is 32.0 Å². The molecule has 8 heteroatoms. The average molecular weight is 324 g/mol. The number of imidazole rings is 1. The average Bonchev–Trinajstić information content (AvgIpc) is 2.80. The number of hydrogen-bond acceptors (Lipinski definition) is 4. The molecule has 120 valence electrons. The molecule has 2 aromatic rings. The van der Waals surface area contributed by atoms with Gasteiger partial charge >= 0.3 is 0 Å². The first kappa shape index (κ1) is 16.4. The number of aromatic amines is 1. The van der Waals surface area contributed by atoms with Crippen LogP contribution in [0.15, 0.2) is 18.2 Å². The van der Waals surface area contributed by atoms with Crippen LogP contribution in [-0.4, -0.2) is 37.1 Å². The summed E-state index contributed by atoms with van der Waals surface area (Å²) in [5, 5.41) is 2.79. The van der Waals surface area contributed by atoms with Crippen molar-refractivity contribution in [3.8, 4) is 0 Å². The lowest BCUT2D eigenvalue weighted by atomic mass is 10.2. The van der Waals surface area contributed by atoms with Crippen LogP contribution in [0.2, 0.25) is 0 Å². The molecule has 3 N–H and O–H groups in total. The van der Waals surface area contributed by atoms with Crippen LogP contribution in [-0.2, 0) is 14.8 Å². The molecule has 1 atom stereocenters. The molecule has 7 nitrogen and oxygen atoms in total. The largest absolute Gasteiger partial charge is 0.346 e. The van der Waals surface area contributed by atoms with Crippen LogP contribution in [0.25, 0.3) is 11.0 Å². The van der Waals surface area contributed by atoms with Crippen molar-refractivity contribution in [2.45, 2.75) is 26.3 Å². The predicted octanol–water partition coefficient (Wildman–Crippen LogP) is 0.988. The van der Waals surface area contributed by atoms with E-state index in [0.717, 1.165) is 22.9 Å². The minimum atomic E-state index is -3.27. The summed E-state index contributed by atoms with van der Waals surface area (Å²) in [6.07, 6.45) is 1.14. The van der Waals surface area contributed by atoms with Crippen LogP contribution in [0, 0.1) is 6.92 Å². The highest BCUT2D eigenvalue weighted by Crippen LogP contribution is 2.17. The maximum Gasteiger partial charge on any atom is 0.221 e. The van der Waals surface area contributed by atoms with Gasteiger partial charge in [-0.25, -0.2) is 18.1 Å². The fourth-order valence-electron chi connectivity index (χ4n) is 2.08. The van der Waals surface area contributed by atoms with Gasteiger partial charge in [-0.1, -0.05) is 6.07 Å². The third kappa shape index (κ3) is 4.54. The van der Waals surface area contributed by atoms with Gasteiger partial charge in [0.05, 0.1) is 23.3 Å². The maximum atomic E-state index is 11.8. The van der Waals surface area contributed by atoms with E-state index in [4.69, 9.17) is 0 Å². The number of carbonyl (C=O) groups excluding carboxylic acids is 1. The topological polar surface area (TPSA) is 104 Å². The minimum Gasteiger partial charge on any atom is -0.346 e. The molecule has 0 aliphatic heterocycles. The Kier molecular flexibility index (Phi) is 4.82. The van der Waals surface area contributed by atoms with E-state index in [9.17, 15) is 13.2 Å². The number of carbonyl (C=O) groups is 1. The van der Waals surface area contributed by atoms with Gasteiger partial charge < -0.3 is 10.3 Å². The zero-order chi connectivity index (χ0) is 16.3. The molecule has 1 aromatic heterocycles. The second kappa shape index (κ2) is 6.45. The summed E-state index contributed by atoms with van der Waals surface area (Å²) >= 11 is 0. The van der Waals surface area contributed by atoms with Crippen LogP contribution in [0.3, 0.4) is 0 Å². The summed E-state index contributed by atoms with van der Waals surface area (Å²) in [6, 6.07) is 5.62. The summed E-state index contributed by atoms with van der Waals surface area (Å²) in [4.78, 5) is 19.4. The number of sulfonamides is 1. The lowest BCUT2D eigenvalue weighted by molar-refractivity contribution is -0.121. The Hall–Kier alpha value is -1.93. The summed E-state index contributed by atoms with van der Waals surface area (Å²) < 4.78 is 24.1. The molecule has 0 spiro atoms. The zero-order valence-electron chi connectivity index (χ0n) is 12.8. The Morgan fingerprint density at radius 2 is 2.14 bits per heavy atom. The van der Waals surface area contributed by atoms with Crippen molar-refractivity contribution in [3.63, 3.8) is 0 Å². The zero-order valence-corrected chi connectivity index (χ0v) is 13.6. The quantitative estimate of drug-likeness (QED) is 0.737. The Morgan fingerprint density at radius 1 is 1.41 bits per heavy atom. The van der Waals surface area contributed by atoms with Crippen LogP contribution >= 0.6 is 0 Å². The third-order valence-corrected chi connectivity index (χ3v) is 3.89. The second-order valence-corrected chi connectivity index (χ2v) is 7.18. The van der Waals surface area contributed by atoms with Crippen LogP contribution in [0.5, 0.6) is 0 Å². The normalized spacial score (nSPS) is 13.2. The fourth-order valence-corrected chi connectivity index (χ4v) is 2.55. The Balaban J connectivity index is 1.95. The molecular formula is C14H20N4O3S. The molecule has 0 fully saturated rings. The van der Waals surface area contributed by atoms with Crippen molar-refractivity contribution < 1.29 is 13.2 Å². The van der Waals surface area contributed by atoms with Gasteiger partial charge in [-0.05, 0) is 31.5 Å². The van der Waals surface area contributed by atoms with Crippen molar-refractivity contribution in [1.29, 1.82) is 0 Å². The first-order valence-corrected chi connectivity index (χ1v) is 8.84. The lowest BCUT2D eigenvalue weighted by Gasteiger charge is -2.11. The van der Waals surface area contributed by atoms with Gasteiger partial charge in [0.25, 0.3) is 0 Å². The highest BCUT2D eigenvalue weighted by atomic mass is 32.2.